The molecule has 1 aromatic rings. The zero-order chi connectivity index (χ0) is 10.7. The van der Waals surface area contributed by atoms with Gasteiger partial charge in [-0.25, -0.2) is 0 Å². The number of halogens is 1. The summed E-state index contributed by atoms with van der Waals surface area (Å²) < 4.78 is 6.29. The predicted molar refractivity (Wildman–Crippen MR) is 62.6 cm³/mol. The summed E-state index contributed by atoms with van der Waals surface area (Å²) in [5.74, 6) is 0.198. The minimum Gasteiger partial charge on any atom is -0.376 e. The third-order valence-electron chi connectivity index (χ3n) is 2.30. The van der Waals surface area contributed by atoms with Crippen LogP contribution in [0.4, 0.5) is 0 Å². The van der Waals surface area contributed by atoms with E-state index in [2.05, 4.69) is 15.9 Å². The van der Waals surface area contributed by atoms with E-state index in [-0.39, 0.29) is 5.78 Å². The molecule has 1 saturated heterocycles. The van der Waals surface area contributed by atoms with Crippen LogP contribution in [0, 0.1) is 0 Å². The Kier molecular flexibility index (Phi) is 3.34. The average Bonchev–Trinajstić information content (AvgIpc) is 2.25. The SMILES string of the molecule is O=C1CCOC/C1=C/c1ccc(Br)cc1. The van der Waals surface area contributed by atoms with Gasteiger partial charge in [0.15, 0.2) is 5.78 Å². The molecule has 0 unspecified atom stereocenters. The number of carbonyl (C=O) groups is 1. The zero-order valence-electron chi connectivity index (χ0n) is 8.20. The number of ether oxygens (including phenoxy) is 1. The van der Waals surface area contributed by atoms with Gasteiger partial charge < -0.3 is 4.74 Å². The normalized spacial score (nSPS) is 19.5. The number of Topliss-reactive ketones (excluding diaryl/α,β-unsaturated/α-hetero) is 1. The highest BCUT2D eigenvalue weighted by Gasteiger charge is 2.14. The first-order chi connectivity index (χ1) is 7.25. The highest BCUT2D eigenvalue weighted by Crippen LogP contribution is 2.16. The van der Waals surface area contributed by atoms with Gasteiger partial charge in [-0.1, -0.05) is 28.1 Å². The maximum atomic E-state index is 11.5. The van der Waals surface area contributed by atoms with Crippen molar-refractivity contribution in [1.29, 1.82) is 0 Å². The van der Waals surface area contributed by atoms with Crippen LogP contribution in [0.3, 0.4) is 0 Å². The molecule has 3 heteroatoms. The first-order valence-corrected chi connectivity index (χ1v) is 5.62. The molecule has 15 heavy (non-hydrogen) atoms. The molecule has 0 spiro atoms. The Bertz CT molecular complexity index is 393. The molecule has 0 saturated carbocycles. The molecule has 0 atom stereocenters. The Balaban J connectivity index is 2.21. The van der Waals surface area contributed by atoms with E-state index in [1.807, 2.05) is 30.3 Å². The number of hydrogen-bond acceptors (Lipinski definition) is 2. The number of rotatable bonds is 1. The molecule has 2 nitrogen and oxygen atoms in total. The lowest BCUT2D eigenvalue weighted by molar-refractivity contribution is -0.119. The van der Waals surface area contributed by atoms with E-state index in [9.17, 15) is 4.79 Å². The van der Waals surface area contributed by atoms with Gasteiger partial charge in [-0.15, -0.1) is 0 Å². The van der Waals surface area contributed by atoms with Gasteiger partial charge in [0.1, 0.15) is 0 Å². The minimum atomic E-state index is 0.198. The Morgan fingerprint density at radius 1 is 1.27 bits per heavy atom. The van der Waals surface area contributed by atoms with Crippen LogP contribution in [0.25, 0.3) is 6.08 Å². The van der Waals surface area contributed by atoms with Crippen molar-refractivity contribution in [2.45, 2.75) is 6.42 Å². The molecular weight excluding hydrogens is 256 g/mol. The van der Waals surface area contributed by atoms with E-state index in [0.29, 0.717) is 19.6 Å². The molecule has 0 N–H and O–H groups in total. The molecule has 1 aliphatic rings. The quantitative estimate of drug-likeness (QED) is 0.731. The van der Waals surface area contributed by atoms with E-state index in [0.717, 1.165) is 15.6 Å². The maximum absolute atomic E-state index is 11.5. The number of ketones is 1. The Morgan fingerprint density at radius 3 is 2.67 bits per heavy atom. The van der Waals surface area contributed by atoms with E-state index < -0.39 is 0 Å². The van der Waals surface area contributed by atoms with E-state index in [4.69, 9.17) is 4.74 Å². The van der Waals surface area contributed by atoms with E-state index >= 15 is 0 Å². The largest absolute Gasteiger partial charge is 0.376 e. The molecule has 0 aromatic heterocycles. The van der Waals surface area contributed by atoms with Gasteiger partial charge in [0, 0.05) is 16.5 Å². The van der Waals surface area contributed by atoms with Gasteiger partial charge in [-0.3, -0.25) is 4.79 Å². The average molecular weight is 267 g/mol. The summed E-state index contributed by atoms with van der Waals surface area (Å²) in [6.07, 6.45) is 2.40. The van der Waals surface area contributed by atoms with Crippen LogP contribution in [0.1, 0.15) is 12.0 Å². The fourth-order valence-electron chi connectivity index (χ4n) is 1.47. The summed E-state index contributed by atoms with van der Waals surface area (Å²) in [6.45, 7) is 0.991. The second-order valence-electron chi connectivity index (χ2n) is 3.45. The molecule has 1 heterocycles. The second-order valence-corrected chi connectivity index (χ2v) is 4.36. The van der Waals surface area contributed by atoms with Crippen molar-refractivity contribution in [3.05, 3.63) is 39.9 Å². The van der Waals surface area contributed by atoms with Crippen LogP contribution in [0.15, 0.2) is 34.3 Å². The number of benzene rings is 1. The molecule has 0 radical (unpaired) electrons. The van der Waals surface area contributed by atoms with Crippen molar-refractivity contribution < 1.29 is 9.53 Å². The molecular formula is C12H11BrO2. The first-order valence-electron chi connectivity index (χ1n) is 4.83. The van der Waals surface area contributed by atoms with Gasteiger partial charge in [-0.2, -0.15) is 0 Å². The Morgan fingerprint density at radius 2 is 2.00 bits per heavy atom. The fraction of sp³-hybridized carbons (Fsp3) is 0.250. The summed E-state index contributed by atoms with van der Waals surface area (Å²) in [5.41, 5.74) is 1.80. The zero-order valence-corrected chi connectivity index (χ0v) is 9.79. The van der Waals surface area contributed by atoms with Crippen LogP contribution < -0.4 is 0 Å². The monoisotopic (exact) mass is 266 g/mol. The molecule has 78 valence electrons. The minimum absolute atomic E-state index is 0.198. The van der Waals surface area contributed by atoms with Gasteiger partial charge in [0.2, 0.25) is 0 Å². The van der Waals surface area contributed by atoms with Crippen LogP contribution in [0.2, 0.25) is 0 Å². The van der Waals surface area contributed by atoms with Gasteiger partial charge in [0.25, 0.3) is 0 Å². The van der Waals surface area contributed by atoms with Crippen molar-refractivity contribution in [3.63, 3.8) is 0 Å². The molecule has 2 rings (SSSR count). The van der Waals surface area contributed by atoms with Crippen molar-refractivity contribution in [2.75, 3.05) is 13.2 Å². The maximum Gasteiger partial charge on any atom is 0.163 e. The lowest BCUT2D eigenvalue weighted by atomic mass is 10.0. The van der Waals surface area contributed by atoms with Crippen molar-refractivity contribution in [3.8, 4) is 0 Å². The summed E-state index contributed by atoms with van der Waals surface area (Å²) in [6, 6.07) is 7.86. The topological polar surface area (TPSA) is 26.3 Å². The lowest BCUT2D eigenvalue weighted by Gasteiger charge is -2.13. The Hall–Kier alpha value is -0.930. The Labute approximate surface area is 97.1 Å². The van der Waals surface area contributed by atoms with Crippen molar-refractivity contribution >= 4 is 27.8 Å². The standard InChI is InChI=1S/C12H11BrO2/c13-11-3-1-9(2-4-11)7-10-8-15-6-5-12(10)14/h1-4,7H,5-6,8H2/b10-7-. The van der Waals surface area contributed by atoms with E-state index in [1.165, 1.54) is 0 Å². The summed E-state index contributed by atoms with van der Waals surface area (Å²) in [7, 11) is 0. The first kappa shape index (κ1) is 10.6. The summed E-state index contributed by atoms with van der Waals surface area (Å²) in [4.78, 5) is 11.5. The molecule has 1 fully saturated rings. The van der Waals surface area contributed by atoms with Crippen LogP contribution in [-0.2, 0) is 9.53 Å². The highest BCUT2D eigenvalue weighted by atomic mass is 79.9. The van der Waals surface area contributed by atoms with E-state index in [1.54, 1.807) is 0 Å². The molecule has 0 amide bonds. The third kappa shape index (κ3) is 2.76. The number of carbonyl (C=O) groups excluding carboxylic acids is 1. The molecule has 0 bridgehead atoms. The lowest BCUT2D eigenvalue weighted by Crippen LogP contribution is -2.18. The van der Waals surface area contributed by atoms with Crippen LogP contribution in [-0.4, -0.2) is 19.0 Å². The van der Waals surface area contributed by atoms with Crippen LogP contribution in [0.5, 0.6) is 0 Å². The highest BCUT2D eigenvalue weighted by molar-refractivity contribution is 9.10. The summed E-state index contributed by atoms with van der Waals surface area (Å²) >= 11 is 3.37. The van der Waals surface area contributed by atoms with Gasteiger partial charge in [0.05, 0.1) is 13.2 Å². The van der Waals surface area contributed by atoms with Crippen molar-refractivity contribution in [2.24, 2.45) is 0 Å². The number of hydrogen-bond donors (Lipinski definition) is 0. The predicted octanol–water partition coefficient (Wildman–Crippen LogP) is 2.82. The van der Waals surface area contributed by atoms with Crippen LogP contribution >= 0.6 is 15.9 Å². The third-order valence-corrected chi connectivity index (χ3v) is 2.83. The van der Waals surface area contributed by atoms with Crippen molar-refractivity contribution in [1.82, 2.24) is 0 Å². The smallest absolute Gasteiger partial charge is 0.163 e. The summed E-state index contributed by atoms with van der Waals surface area (Å²) in [5, 5.41) is 0. The van der Waals surface area contributed by atoms with Gasteiger partial charge >= 0.3 is 0 Å². The van der Waals surface area contributed by atoms with Gasteiger partial charge in [-0.05, 0) is 23.8 Å². The second kappa shape index (κ2) is 4.73. The molecule has 0 aliphatic carbocycles. The molecule has 1 aromatic carbocycles. The fourth-order valence-corrected chi connectivity index (χ4v) is 1.73. The molecule has 1 aliphatic heterocycles.